The van der Waals surface area contributed by atoms with E-state index in [4.69, 9.17) is 29.6 Å². The third-order valence-corrected chi connectivity index (χ3v) is 8.67. The Balaban J connectivity index is 1.13. The maximum atomic E-state index is 8.22. The molecular formula is C26H33Cl2N7. The first-order chi connectivity index (χ1) is 17.3. The number of likely N-dealkylation sites (tertiary alicyclic amines) is 1. The molecule has 2 saturated heterocycles. The van der Waals surface area contributed by atoms with Crippen molar-refractivity contribution in [2.24, 2.45) is 17.7 Å². The molecular weight excluding hydrogens is 481 g/mol. The van der Waals surface area contributed by atoms with Gasteiger partial charge in [-0.3, -0.25) is 0 Å². The van der Waals surface area contributed by atoms with Crippen LogP contribution in [0, 0.1) is 17.7 Å². The number of nitrogens with zero attached hydrogens (tertiary/aromatic N) is 6. The Labute approximate surface area is 218 Å². The van der Waals surface area contributed by atoms with E-state index in [1.165, 1.54) is 32.3 Å². The predicted octanol–water partition coefficient (Wildman–Crippen LogP) is 5.55. The van der Waals surface area contributed by atoms with Crippen LogP contribution in [0.2, 0.25) is 10.0 Å². The molecule has 9 heteroatoms. The van der Waals surface area contributed by atoms with Crippen LogP contribution in [0.15, 0.2) is 30.6 Å². The highest BCUT2D eigenvalue weighted by Crippen LogP contribution is 2.38. The number of nitrogens with one attached hydrogen (secondary N) is 1. The van der Waals surface area contributed by atoms with E-state index >= 15 is 0 Å². The fourth-order valence-electron chi connectivity index (χ4n) is 5.97. The summed E-state index contributed by atoms with van der Waals surface area (Å²) in [7, 11) is 0. The largest absolute Gasteiger partial charge is 0.363 e. The number of hydrogen-bond acceptors (Lipinski definition) is 6. The monoisotopic (exact) mass is 514 g/mol. The number of piperidine rings is 1. The highest BCUT2D eigenvalue weighted by molar-refractivity contribution is 6.35. The maximum Gasteiger partial charge on any atom is 0.256 e. The van der Waals surface area contributed by atoms with Gasteiger partial charge in [-0.2, -0.15) is 19.6 Å². The summed E-state index contributed by atoms with van der Waals surface area (Å²) >= 11 is 12.5. The summed E-state index contributed by atoms with van der Waals surface area (Å²) in [6, 6.07) is 8.20. The molecule has 0 amide bonds. The molecule has 2 aliphatic heterocycles. The Morgan fingerprint density at radius 1 is 1.14 bits per heavy atom. The van der Waals surface area contributed by atoms with Crippen molar-refractivity contribution >= 4 is 40.6 Å². The van der Waals surface area contributed by atoms with Crippen LogP contribution in [0.25, 0.3) is 5.78 Å². The van der Waals surface area contributed by atoms with Gasteiger partial charge >= 0.3 is 0 Å². The van der Waals surface area contributed by atoms with Crippen LogP contribution in [0.3, 0.4) is 0 Å². The quantitative estimate of drug-likeness (QED) is 0.465. The normalized spacial score (nSPS) is 28.9. The fourth-order valence-corrected chi connectivity index (χ4v) is 6.55. The first-order valence-corrected chi connectivity index (χ1v) is 13.4. The van der Waals surface area contributed by atoms with E-state index in [1.54, 1.807) is 10.6 Å². The molecule has 1 aromatic carbocycles. The van der Waals surface area contributed by atoms with E-state index in [9.17, 15) is 0 Å². The molecule has 1 saturated carbocycles. The second kappa shape index (κ2) is 9.41. The van der Waals surface area contributed by atoms with Crippen LogP contribution in [-0.4, -0.2) is 56.7 Å². The second-order valence-corrected chi connectivity index (χ2v) is 11.4. The van der Waals surface area contributed by atoms with Crippen LogP contribution < -0.4 is 10.2 Å². The number of halogens is 2. The molecule has 4 heterocycles. The summed E-state index contributed by atoms with van der Waals surface area (Å²) in [5.74, 6) is 3.56. The van der Waals surface area contributed by atoms with Crippen molar-refractivity contribution in [2.75, 3.05) is 36.4 Å². The summed E-state index contributed by atoms with van der Waals surface area (Å²) in [6.07, 6.45) is 6.16. The molecule has 0 unspecified atom stereocenters. The Kier molecular flexibility index (Phi) is 5.95. The zero-order chi connectivity index (χ0) is 25.0. The lowest BCUT2D eigenvalue weighted by atomic mass is 9.76. The van der Waals surface area contributed by atoms with Crippen molar-refractivity contribution in [1.82, 2.24) is 24.5 Å². The standard InChI is InChI=1S/C26H33Cl2N7/c1-16-8-21(9-16)33-7-3-4-18(12-33)19-13-34(14-19)24-11-25(35-26(32-24)29-15-30-35)31-17(2)22-6-5-20(27)10-23(22)28/h5-6,10-11,15-19,21,31H,3-4,7-9,12-14H2,1-2H3/t16?,17-,18+,21?/m0/s1/i16D. The Morgan fingerprint density at radius 2 is 1.97 bits per heavy atom. The molecule has 0 spiro atoms. The van der Waals surface area contributed by atoms with Crippen molar-refractivity contribution < 1.29 is 1.37 Å². The lowest BCUT2D eigenvalue weighted by Crippen LogP contribution is -2.56. The number of hydrogen-bond donors (Lipinski definition) is 1. The minimum Gasteiger partial charge on any atom is -0.363 e. The van der Waals surface area contributed by atoms with Crippen LogP contribution >= 0.6 is 23.2 Å². The SMILES string of the molecule is [2H]C1(C)CC(N2CCC[C@@H](C3CN(c4cc(N[C@@H](C)c5ccc(Cl)cc5Cl)n5ncnc5n4)C3)C2)C1. The molecule has 3 aromatic rings. The van der Waals surface area contributed by atoms with Crippen LogP contribution in [0.5, 0.6) is 0 Å². The van der Waals surface area contributed by atoms with Gasteiger partial charge in [-0.05, 0) is 74.6 Å². The molecule has 0 bridgehead atoms. The van der Waals surface area contributed by atoms with Gasteiger partial charge in [-0.25, -0.2) is 0 Å². The van der Waals surface area contributed by atoms with Crippen molar-refractivity contribution in [3.8, 4) is 0 Å². The minimum absolute atomic E-state index is 0.0492. The fraction of sp³-hybridized carbons (Fsp3) is 0.577. The Hall–Kier alpha value is -2.09. The van der Waals surface area contributed by atoms with Gasteiger partial charge < -0.3 is 15.1 Å². The molecule has 186 valence electrons. The number of anilines is 2. The topological polar surface area (TPSA) is 61.6 Å². The number of rotatable bonds is 6. The number of fused-ring (bicyclic) bond motifs is 1. The van der Waals surface area contributed by atoms with Gasteiger partial charge in [0.05, 0.1) is 6.04 Å². The highest BCUT2D eigenvalue weighted by atomic mass is 35.5. The van der Waals surface area contributed by atoms with E-state index in [1.807, 2.05) is 12.1 Å². The molecule has 6 rings (SSSR count). The first-order valence-electron chi connectivity index (χ1n) is 13.2. The van der Waals surface area contributed by atoms with Crippen molar-refractivity contribution in [2.45, 2.75) is 51.6 Å². The summed E-state index contributed by atoms with van der Waals surface area (Å²) in [6.45, 7) is 8.56. The zero-order valence-electron chi connectivity index (χ0n) is 21.3. The van der Waals surface area contributed by atoms with Crippen LogP contribution in [0.4, 0.5) is 11.6 Å². The first kappa shape index (κ1) is 22.1. The van der Waals surface area contributed by atoms with Crippen LogP contribution in [0.1, 0.15) is 52.5 Å². The molecule has 0 radical (unpaired) electrons. The van der Waals surface area contributed by atoms with Gasteiger partial charge in [0.15, 0.2) is 0 Å². The zero-order valence-corrected chi connectivity index (χ0v) is 21.8. The molecule has 7 nitrogen and oxygen atoms in total. The summed E-state index contributed by atoms with van der Waals surface area (Å²) in [5, 5.41) is 9.17. The summed E-state index contributed by atoms with van der Waals surface area (Å²) < 4.78 is 9.96. The van der Waals surface area contributed by atoms with Gasteiger partial charge in [0, 0.05) is 43.2 Å². The Morgan fingerprint density at radius 3 is 2.74 bits per heavy atom. The van der Waals surface area contributed by atoms with Crippen molar-refractivity contribution in [1.29, 1.82) is 0 Å². The van der Waals surface area contributed by atoms with E-state index in [0.717, 1.165) is 49.0 Å². The molecule has 1 aliphatic carbocycles. The number of benzene rings is 1. The smallest absolute Gasteiger partial charge is 0.256 e. The predicted molar refractivity (Wildman–Crippen MR) is 141 cm³/mol. The molecule has 2 atom stereocenters. The molecule has 35 heavy (non-hydrogen) atoms. The molecule has 2 aromatic heterocycles. The molecule has 3 fully saturated rings. The van der Waals surface area contributed by atoms with E-state index in [-0.39, 0.29) is 11.9 Å². The van der Waals surface area contributed by atoms with Gasteiger partial charge in [0.25, 0.3) is 5.78 Å². The lowest BCUT2D eigenvalue weighted by molar-refractivity contribution is 0.0295. The summed E-state index contributed by atoms with van der Waals surface area (Å²) in [5.41, 5.74) is 0.968. The summed E-state index contributed by atoms with van der Waals surface area (Å²) in [4.78, 5) is 14.2. The maximum absolute atomic E-state index is 8.22. The van der Waals surface area contributed by atoms with Gasteiger partial charge in [-0.1, -0.05) is 36.2 Å². The highest BCUT2D eigenvalue weighted by Gasteiger charge is 2.39. The average molecular weight is 516 g/mol. The van der Waals surface area contributed by atoms with Gasteiger partial charge in [-0.15, -0.1) is 0 Å². The molecule has 3 aliphatic rings. The number of aromatic nitrogens is 4. The van der Waals surface area contributed by atoms with Gasteiger partial charge in [0.2, 0.25) is 0 Å². The minimum atomic E-state index is -0.209. The van der Waals surface area contributed by atoms with Gasteiger partial charge in [0.1, 0.15) is 18.0 Å². The van der Waals surface area contributed by atoms with E-state index < -0.39 is 0 Å². The van der Waals surface area contributed by atoms with E-state index in [0.29, 0.717) is 27.8 Å². The van der Waals surface area contributed by atoms with Crippen molar-refractivity contribution in [3.05, 3.63) is 46.2 Å². The third kappa shape index (κ3) is 4.58. The molecule has 1 N–H and O–H groups in total. The Bertz CT molecular complexity index is 1250. The second-order valence-electron chi connectivity index (χ2n) is 10.6. The lowest BCUT2D eigenvalue weighted by Gasteiger charge is -2.50. The van der Waals surface area contributed by atoms with E-state index in [2.05, 4.69) is 45.1 Å². The van der Waals surface area contributed by atoms with Crippen molar-refractivity contribution in [3.63, 3.8) is 0 Å². The average Bonchev–Trinajstić information content (AvgIpc) is 3.26. The van der Waals surface area contributed by atoms with Crippen LogP contribution in [-0.2, 0) is 0 Å². The third-order valence-electron chi connectivity index (χ3n) is 8.11.